The van der Waals surface area contributed by atoms with Crippen LogP contribution in [-0.4, -0.2) is 44.1 Å². The van der Waals surface area contributed by atoms with Crippen LogP contribution < -0.4 is 11.0 Å². The maximum Gasteiger partial charge on any atom is 0.418 e. The fourth-order valence-corrected chi connectivity index (χ4v) is 9.16. The second-order valence-electron chi connectivity index (χ2n) is 12.9. The third-order valence-electron chi connectivity index (χ3n) is 10.2. The largest absolute Gasteiger partial charge is 0.418 e. The zero-order chi connectivity index (χ0) is 27.3. The summed E-state index contributed by atoms with van der Waals surface area (Å²) in [6.07, 6.45) is 8.66. The number of halogens is 3. The summed E-state index contributed by atoms with van der Waals surface area (Å²) >= 11 is 1.99. The zero-order valence-corrected chi connectivity index (χ0v) is 24.1. The van der Waals surface area contributed by atoms with E-state index in [-0.39, 0.29) is 17.2 Å². The molecule has 5 nitrogen and oxygen atoms in total. The number of alkyl halides is 3. The van der Waals surface area contributed by atoms with E-state index in [9.17, 15) is 18.0 Å². The topological polar surface area (TPSA) is 41.7 Å². The van der Waals surface area contributed by atoms with Crippen LogP contribution in [0.25, 0.3) is 5.52 Å². The number of thioether (sulfide) groups is 1. The quantitative estimate of drug-likeness (QED) is 0.432. The molecular weight excluding hydrogens is 521 g/mol. The number of pyridine rings is 1. The highest BCUT2D eigenvalue weighted by Crippen LogP contribution is 2.48. The number of hydrogen-bond acceptors (Lipinski definition) is 4. The first-order chi connectivity index (χ1) is 18.7. The zero-order valence-electron chi connectivity index (χ0n) is 23.3. The number of hydrogen-bond donors (Lipinski definition) is 1. The molecule has 2 aliphatic carbocycles. The van der Waals surface area contributed by atoms with Gasteiger partial charge in [0.05, 0.1) is 11.1 Å². The first kappa shape index (κ1) is 27.7. The minimum atomic E-state index is -4.51. The number of rotatable bonds is 6. The molecule has 6 atom stereocenters. The van der Waals surface area contributed by atoms with Crippen LogP contribution in [0.3, 0.4) is 0 Å². The summed E-state index contributed by atoms with van der Waals surface area (Å²) in [6.45, 7) is 6.73. The Hall–Kier alpha value is -1.45. The third-order valence-corrected chi connectivity index (χ3v) is 11.4. The molecule has 9 heteroatoms. The Labute approximate surface area is 233 Å². The molecule has 0 bridgehead atoms. The van der Waals surface area contributed by atoms with Gasteiger partial charge in [-0.3, -0.25) is 13.9 Å². The lowest BCUT2D eigenvalue weighted by atomic mass is 9.63. The standard InChI is InChI=1S/C30H43F3N4OS/c1-19-6-5-11-35(14-19)15-21-12-25(30(31,32)33)26-17-36(29(38)37(26)16-21)24-10-4-9-23(13-24)27(22-7-3-8-22)28-20(2)39-18-34-28/h12,16-17,19-20,22-24,27-28,34H,3-11,13-15,18H2,1-2H3/t19-,20?,23?,24?,27+,28?/m0/s1. The van der Waals surface area contributed by atoms with Gasteiger partial charge in [0.1, 0.15) is 0 Å². The average Bonchev–Trinajstić information content (AvgIpc) is 3.43. The molecule has 4 fully saturated rings. The van der Waals surface area contributed by atoms with Gasteiger partial charge in [-0.2, -0.15) is 13.2 Å². The summed E-state index contributed by atoms with van der Waals surface area (Å²) in [4.78, 5) is 15.9. The second-order valence-corrected chi connectivity index (χ2v) is 14.3. The van der Waals surface area contributed by atoms with E-state index in [0.717, 1.165) is 63.4 Å². The van der Waals surface area contributed by atoms with Gasteiger partial charge < -0.3 is 5.32 Å². The van der Waals surface area contributed by atoms with Crippen molar-refractivity contribution in [2.45, 2.75) is 102 Å². The van der Waals surface area contributed by atoms with Crippen LogP contribution in [0.4, 0.5) is 13.2 Å². The summed E-state index contributed by atoms with van der Waals surface area (Å²) in [5, 5.41) is 4.34. The summed E-state index contributed by atoms with van der Waals surface area (Å²) in [7, 11) is 0. The fraction of sp³-hybridized carbons (Fsp3) is 0.767. The SMILES string of the molecule is CC1SCNC1[C@H](C1CCC1)C1CCCC(n2cc3c(C(F)(F)F)cc(CN4CCC[C@H](C)C4)cn3c2=O)C1. The molecule has 2 aliphatic heterocycles. The minimum absolute atomic E-state index is 0.0107. The van der Waals surface area contributed by atoms with E-state index in [0.29, 0.717) is 41.2 Å². The van der Waals surface area contributed by atoms with Gasteiger partial charge in [-0.05, 0) is 74.0 Å². The van der Waals surface area contributed by atoms with Gasteiger partial charge in [-0.15, -0.1) is 11.8 Å². The number of fused-ring (bicyclic) bond motifs is 1. The first-order valence-electron chi connectivity index (χ1n) is 15.1. The molecule has 2 saturated heterocycles. The van der Waals surface area contributed by atoms with Crippen LogP contribution in [0.2, 0.25) is 0 Å². The smallest absolute Gasteiger partial charge is 0.304 e. The van der Waals surface area contributed by atoms with Crippen molar-refractivity contribution in [1.29, 1.82) is 0 Å². The molecule has 2 saturated carbocycles. The van der Waals surface area contributed by atoms with Gasteiger partial charge in [-0.25, -0.2) is 4.79 Å². The van der Waals surface area contributed by atoms with Gasteiger partial charge >= 0.3 is 11.9 Å². The van der Waals surface area contributed by atoms with Crippen molar-refractivity contribution in [2.75, 3.05) is 19.0 Å². The fourth-order valence-electron chi connectivity index (χ4n) is 8.12. The molecule has 6 rings (SSSR count). The summed E-state index contributed by atoms with van der Waals surface area (Å²) in [5.74, 6) is 3.35. The van der Waals surface area contributed by atoms with Crippen molar-refractivity contribution < 1.29 is 13.2 Å². The normalized spacial score (nSPS) is 32.0. The van der Waals surface area contributed by atoms with Crippen LogP contribution in [0.15, 0.2) is 23.3 Å². The Bertz CT molecular complexity index is 1220. The molecule has 2 aromatic rings. The van der Waals surface area contributed by atoms with Crippen LogP contribution >= 0.6 is 11.8 Å². The van der Waals surface area contributed by atoms with Crippen molar-refractivity contribution in [1.82, 2.24) is 19.2 Å². The van der Waals surface area contributed by atoms with Crippen molar-refractivity contribution >= 4 is 17.3 Å². The highest BCUT2D eigenvalue weighted by atomic mass is 32.2. The maximum absolute atomic E-state index is 14.3. The van der Waals surface area contributed by atoms with Crippen molar-refractivity contribution in [3.05, 3.63) is 40.1 Å². The Morgan fingerprint density at radius 1 is 1.05 bits per heavy atom. The molecule has 0 spiro atoms. The van der Waals surface area contributed by atoms with Crippen molar-refractivity contribution in [3.63, 3.8) is 0 Å². The molecule has 4 heterocycles. The van der Waals surface area contributed by atoms with Crippen LogP contribution in [-0.2, 0) is 12.7 Å². The van der Waals surface area contributed by atoms with Crippen molar-refractivity contribution in [2.24, 2.45) is 23.7 Å². The van der Waals surface area contributed by atoms with E-state index >= 15 is 0 Å². The highest BCUT2D eigenvalue weighted by Gasteiger charge is 2.44. The monoisotopic (exact) mass is 564 g/mol. The lowest BCUT2D eigenvalue weighted by Gasteiger charge is -2.45. The number of nitrogens with one attached hydrogen (secondary N) is 1. The average molecular weight is 565 g/mol. The number of nitrogens with zero attached hydrogens (tertiary/aromatic N) is 3. The summed E-state index contributed by atoms with van der Waals surface area (Å²) in [6, 6.07) is 1.72. The Morgan fingerprint density at radius 3 is 2.49 bits per heavy atom. The predicted octanol–water partition coefficient (Wildman–Crippen LogP) is 6.55. The summed E-state index contributed by atoms with van der Waals surface area (Å²) < 4.78 is 45.8. The van der Waals surface area contributed by atoms with E-state index in [4.69, 9.17) is 0 Å². The molecule has 0 radical (unpaired) electrons. The van der Waals surface area contributed by atoms with E-state index in [1.165, 1.54) is 35.9 Å². The minimum Gasteiger partial charge on any atom is -0.304 e. The number of aromatic nitrogens is 2. The van der Waals surface area contributed by atoms with Crippen LogP contribution in [0, 0.1) is 23.7 Å². The van der Waals surface area contributed by atoms with Crippen LogP contribution in [0.5, 0.6) is 0 Å². The van der Waals surface area contributed by atoms with E-state index in [1.807, 2.05) is 11.8 Å². The number of imidazole rings is 1. The van der Waals surface area contributed by atoms with Gasteiger partial charge in [0.15, 0.2) is 0 Å². The van der Waals surface area contributed by atoms with Gasteiger partial charge in [0, 0.05) is 48.7 Å². The predicted molar refractivity (Wildman–Crippen MR) is 151 cm³/mol. The molecule has 0 aromatic carbocycles. The van der Waals surface area contributed by atoms with Gasteiger partial charge in [0.2, 0.25) is 0 Å². The molecule has 4 unspecified atom stereocenters. The number of likely N-dealkylation sites (tertiary alicyclic amines) is 1. The Morgan fingerprint density at radius 2 is 1.82 bits per heavy atom. The second kappa shape index (κ2) is 11.1. The molecule has 1 N–H and O–H groups in total. The van der Waals surface area contributed by atoms with Gasteiger partial charge in [-0.1, -0.05) is 39.5 Å². The molecule has 2 aromatic heterocycles. The molecule has 0 amide bonds. The van der Waals surface area contributed by atoms with Crippen molar-refractivity contribution in [3.8, 4) is 0 Å². The van der Waals surface area contributed by atoms with E-state index in [2.05, 4.69) is 24.1 Å². The third kappa shape index (κ3) is 5.56. The van der Waals surface area contributed by atoms with Crippen LogP contribution in [0.1, 0.15) is 88.8 Å². The Kier molecular flexibility index (Phi) is 7.88. The lowest BCUT2D eigenvalue weighted by Crippen LogP contribution is -2.47. The molecular formula is C30H43F3N4OS. The molecule has 216 valence electrons. The molecule has 4 aliphatic rings. The maximum atomic E-state index is 14.3. The lowest BCUT2D eigenvalue weighted by molar-refractivity contribution is -0.136. The molecule has 39 heavy (non-hydrogen) atoms. The van der Waals surface area contributed by atoms with Gasteiger partial charge in [0.25, 0.3) is 0 Å². The summed E-state index contributed by atoms with van der Waals surface area (Å²) in [5.41, 5.74) is -0.461. The van der Waals surface area contributed by atoms with E-state index < -0.39 is 11.7 Å². The Balaban J connectivity index is 1.31. The highest BCUT2D eigenvalue weighted by molar-refractivity contribution is 8.00. The number of piperidine rings is 1. The first-order valence-corrected chi connectivity index (χ1v) is 16.1. The van der Waals surface area contributed by atoms with E-state index in [1.54, 1.807) is 10.8 Å².